The van der Waals surface area contributed by atoms with E-state index in [-0.39, 0.29) is 23.7 Å². The second kappa shape index (κ2) is 10.8. The van der Waals surface area contributed by atoms with Crippen molar-refractivity contribution in [2.24, 2.45) is 0 Å². The van der Waals surface area contributed by atoms with E-state index in [0.29, 0.717) is 18.0 Å². The van der Waals surface area contributed by atoms with Crippen molar-refractivity contribution in [3.63, 3.8) is 0 Å². The van der Waals surface area contributed by atoms with Crippen molar-refractivity contribution in [2.75, 3.05) is 25.1 Å². The van der Waals surface area contributed by atoms with E-state index in [4.69, 9.17) is 14.2 Å². The summed E-state index contributed by atoms with van der Waals surface area (Å²) in [6.45, 7) is 0.678. The van der Waals surface area contributed by atoms with Crippen LogP contribution in [0.15, 0.2) is 42.5 Å². The molecule has 1 amide bonds. The van der Waals surface area contributed by atoms with Crippen molar-refractivity contribution in [1.29, 1.82) is 0 Å². The molecule has 0 spiro atoms. The first kappa shape index (κ1) is 21.9. The van der Waals surface area contributed by atoms with E-state index >= 15 is 0 Å². The van der Waals surface area contributed by atoms with Gasteiger partial charge in [0, 0.05) is 5.69 Å². The van der Waals surface area contributed by atoms with Crippen LogP contribution in [-0.2, 0) is 9.53 Å². The molecule has 29 heavy (non-hydrogen) atoms. The molecule has 2 aromatic carbocycles. The lowest BCUT2D eigenvalue weighted by Gasteiger charge is -2.12. The highest BCUT2D eigenvalue weighted by Gasteiger charge is 2.16. The first-order valence-electron chi connectivity index (χ1n) is 8.84. The fourth-order valence-corrected chi connectivity index (χ4v) is 2.31. The third kappa shape index (κ3) is 6.95. The molecule has 0 aliphatic heterocycles. The Morgan fingerprint density at radius 1 is 0.966 bits per heavy atom. The van der Waals surface area contributed by atoms with Crippen molar-refractivity contribution in [1.82, 2.24) is 0 Å². The standard InChI is InChI=1S/C20H21F2NO6/c1-3-26-15-8-6-14(7-9-15)23-18(24)12-28-19(25)13-5-10-16(29-20(21)22)17(11-13)27-4-2/h5-11,20H,3-4,12H2,1-2H3,(H,23,24). The van der Waals surface area contributed by atoms with Crippen LogP contribution in [0.4, 0.5) is 14.5 Å². The van der Waals surface area contributed by atoms with Crippen LogP contribution < -0.4 is 19.5 Å². The highest BCUT2D eigenvalue weighted by Crippen LogP contribution is 2.30. The maximum Gasteiger partial charge on any atom is 0.387 e. The summed E-state index contributed by atoms with van der Waals surface area (Å²) in [5.74, 6) is -0.907. The van der Waals surface area contributed by atoms with Crippen molar-refractivity contribution in [3.8, 4) is 17.2 Å². The summed E-state index contributed by atoms with van der Waals surface area (Å²) >= 11 is 0. The fraction of sp³-hybridized carbons (Fsp3) is 0.300. The van der Waals surface area contributed by atoms with Gasteiger partial charge >= 0.3 is 12.6 Å². The van der Waals surface area contributed by atoms with Crippen LogP contribution in [0.2, 0.25) is 0 Å². The van der Waals surface area contributed by atoms with Crippen LogP contribution in [0.1, 0.15) is 24.2 Å². The molecule has 0 aliphatic rings. The molecule has 0 saturated carbocycles. The molecule has 0 heterocycles. The molecule has 156 valence electrons. The van der Waals surface area contributed by atoms with Gasteiger partial charge in [-0.1, -0.05) is 0 Å². The molecule has 0 bridgehead atoms. The molecule has 0 atom stereocenters. The maximum atomic E-state index is 12.4. The van der Waals surface area contributed by atoms with Gasteiger partial charge in [0.1, 0.15) is 5.75 Å². The summed E-state index contributed by atoms with van der Waals surface area (Å²) in [5.41, 5.74) is 0.547. The lowest BCUT2D eigenvalue weighted by molar-refractivity contribution is -0.119. The van der Waals surface area contributed by atoms with Crippen molar-refractivity contribution in [2.45, 2.75) is 20.5 Å². The molecule has 0 radical (unpaired) electrons. The number of hydrogen-bond acceptors (Lipinski definition) is 6. The Balaban J connectivity index is 1.93. The van der Waals surface area contributed by atoms with Crippen LogP contribution in [0.25, 0.3) is 0 Å². The molecule has 0 aliphatic carbocycles. The smallest absolute Gasteiger partial charge is 0.387 e. The van der Waals surface area contributed by atoms with Crippen molar-refractivity contribution < 1.29 is 37.3 Å². The maximum absolute atomic E-state index is 12.4. The number of halogens is 2. The number of carbonyl (C=O) groups excluding carboxylic acids is 2. The Bertz CT molecular complexity index is 826. The summed E-state index contributed by atoms with van der Waals surface area (Å²) in [4.78, 5) is 24.1. The van der Waals surface area contributed by atoms with Gasteiger partial charge in [-0.2, -0.15) is 8.78 Å². The number of ether oxygens (including phenoxy) is 4. The third-order valence-corrected chi connectivity index (χ3v) is 3.48. The normalized spacial score (nSPS) is 10.4. The van der Waals surface area contributed by atoms with Gasteiger partial charge in [0.25, 0.3) is 5.91 Å². The predicted octanol–water partition coefficient (Wildman–Crippen LogP) is 3.88. The Kier molecular flexibility index (Phi) is 8.20. The van der Waals surface area contributed by atoms with Gasteiger partial charge in [-0.3, -0.25) is 4.79 Å². The SMILES string of the molecule is CCOc1ccc(NC(=O)COC(=O)c2ccc(OC(F)F)c(OCC)c2)cc1. The average Bonchev–Trinajstić information content (AvgIpc) is 2.69. The summed E-state index contributed by atoms with van der Waals surface area (Å²) in [5, 5.41) is 2.58. The monoisotopic (exact) mass is 409 g/mol. The molecular formula is C20H21F2NO6. The van der Waals surface area contributed by atoms with E-state index in [0.717, 1.165) is 0 Å². The van der Waals surface area contributed by atoms with Gasteiger partial charge in [0.05, 0.1) is 18.8 Å². The summed E-state index contributed by atoms with van der Waals surface area (Å²) in [7, 11) is 0. The average molecular weight is 409 g/mol. The minimum absolute atomic E-state index is 0.0268. The Morgan fingerprint density at radius 3 is 2.28 bits per heavy atom. The highest BCUT2D eigenvalue weighted by atomic mass is 19.3. The second-order valence-electron chi connectivity index (χ2n) is 5.55. The molecule has 2 rings (SSSR count). The third-order valence-electron chi connectivity index (χ3n) is 3.48. The number of rotatable bonds is 10. The van der Waals surface area contributed by atoms with Gasteiger partial charge < -0.3 is 24.3 Å². The predicted molar refractivity (Wildman–Crippen MR) is 101 cm³/mol. The molecule has 7 nitrogen and oxygen atoms in total. The number of benzene rings is 2. The van der Waals surface area contributed by atoms with E-state index in [1.807, 2.05) is 6.92 Å². The number of amides is 1. The highest BCUT2D eigenvalue weighted by molar-refractivity contribution is 5.95. The van der Waals surface area contributed by atoms with Crippen LogP contribution in [0.5, 0.6) is 17.2 Å². The van der Waals surface area contributed by atoms with E-state index in [1.165, 1.54) is 18.2 Å². The van der Waals surface area contributed by atoms with Crippen LogP contribution >= 0.6 is 0 Å². The number of esters is 1. The van der Waals surface area contributed by atoms with E-state index < -0.39 is 25.1 Å². The van der Waals surface area contributed by atoms with Gasteiger partial charge in [0.15, 0.2) is 18.1 Å². The quantitative estimate of drug-likeness (QED) is 0.600. The second-order valence-corrected chi connectivity index (χ2v) is 5.55. The lowest BCUT2D eigenvalue weighted by atomic mass is 10.2. The van der Waals surface area contributed by atoms with Gasteiger partial charge in [-0.25, -0.2) is 4.79 Å². The lowest BCUT2D eigenvalue weighted by Crippen LogP contribution is -2.21. The number of nitrogens with one attached hydrogen (secondary N) is 1. The molecule has 0 unspecified atom stereocenters. The molecule has 1 N–H and O–H groups in total. The summed E-state index contributed by atoms with van der Waals surface area (Å²) in [6.07, 6.45) is 0. The first-order chi connectivity index (χ1) is 13.9. The van der Waals surface area contributed by atoms with Crippen LogP contribution in [0.3, 0.4) is 0 Å². The largest absolute Gasteiger partial charge is 0.494 e. The van der Waals surface area contributed by atoms with E-state index in [1.54, 1.807) is 31.2 Å². The Hall–Kier alpha value is -3.36. The molecule has 9 heteroatoms. The molecule has 0 saturated heterocycles. The first-order valence-corrected chi connectivity index (χ1v) is 8.84. The zero-order chi connectivity index (χ0) is 21.2. The summed E-state index contributed by atoms with van der Waals surface area (Å²) < 4.78 is 44.7. The molecule has 0 aromatic heterocycles. The summed E-state index contributed by atoms with van der Waals surface area (Å²) in [6, 6.07) is 10.3. The van der Waals surface area contributed by atoms with Gasteiger partial charge in [0.2, 0.25) is 0 Å². The number of anilines is 1. The molecular weight excluding hydrogens is 388 g/mol. The minimum atomic E-state index is -3.03. The van der Waals surface area contributed by atoms with Crippen molar-refractivity contribution >= 4 is 17.6 Å². The molecule has 0 fully saturated rings. The van der Waals surface area contributed by atoms with Gasteiger partial charge in [-0.05, 0) is 56.3 Å². The van der Waals surface area contributed by atoms with Crippen LogP contribution in [0, 0.1) is 0 Å². The Labute approximate surface area is 166 Å². The Morgan fingerprint density at radius 2 is 1.66 bits per heavy atom. The topological polar surface area (TPSA) is 83.1 Å². The van der Waals surface area contributed by atoms with E-state index in [2.05, 4.69) is 10.1 Å². The molecule has 2 aromatic rings. The van der Waals surface area contributed by atoms with E-state index in [9.17, 15) is 18.4 Å². The number of alkyl halides is 2. The number of hydrogen-bond donors (Lipinski definition) is 1. The van der Waals surface area contributed by atoms with Gasteiger partial charge in [-0.15, -0.1) is 0 Å². The fourth-order valence-electron chi connectivity index (χ4n) is 2.31. The zero-order valence-corrected chi connectivity index (χ0v) is 15.9. The van der Waals surface area contributed by atoms with Crippen molar-refractivity contribution in [3.05, 3.63) is 48.0 Å². The minimum Gasteiger partial charge on any atom is -0.494 e. The van der Waals surface area contributed by atoms with Crippen LogP contribution in [-0.4, -0.2) is 38.3 Å². The zero-order valence-electron chi connectivity index (χ0n) is 15.9. The number of carbonyl (C=O) groups is 2.